The Hall–Kier alpha value is -1.34. The summed E-state index contributed by atoms with van der Waals surface area (Å²) in [5.41, 5.74) is -0.0223. The van der Waals surface area contributed by atoms with E-state index in [1.165, 1.54) is 12.1 Å². The molecule has 0 unspecified atom stereocenters. The molecular weight excluding hydrogens is 403 g/mol. The summed E-state index contributed by atoms with van der Waals surface area (Å²) in [5, 5.41) is 2.29. The third kappa shape index (κ3) is 3.21. The van der Waals surface area contributed by atoms with Crippen molar-refractivity contribution in [1.29, 1.82) is 0 Å². The number of benzene rings is 2. The summed E-state index contributed by atoms with van der Waals surface area (Å²) in [6, 6.07) is 5.69. The topological polar surface area (TPSA) is 29.1 Å². The molecule has 2 nitrogen and oxygen atoms in total. The van der Waals surface area contributed by atoms with Gasteiger partial charge in [-0.3, -0.25) is 4.79 Å². The molecule has 2 aromatic rings. The number of carbonyl (C=O) groups is 1. The maximum Gasteiger partial charge on any atom is 0.255 e. The molecule has 0 heterocycles. The lowest BCUT2D eigenvalue weighted by Gasteiger charge is -2.07. The molecule has 7 heteroatoms. The van der Waals surface area contributed by atoms with E-state index in [9.17, 15) is 18.0 Å². The molecule has 0 aliphatic rings. The van der Waals surface area contributed by atoms with Crippen LogP contribution in [0.5, 0.6) is 0 Å². The predicted octanol–water partition coefficient (Wildman–Crippen LogP) is 4.88. The molecule has 0 bridgehead atoms. The van der Waals surface area contributed by atoms with Crippen LogP contribution in [0.1, 0.15) is 10.4 Å². The van der Waals surface area contributed by atoms with Gasteiger partial charge in [0.05, 0.1) is 8.95 Å². The fourth-order valence-corrected chi connectivity index (χ4v) is 1.94. The highest BCUT2D eigenvalue weighted by molar-refractivity contribution is 9.10. The van der Waals surface area contributed by atoms with E-state index in [4.69, 9.17) is 0 Å². The second-order valence-corrected chi connectivity index (χ2v) is 5.48. The van der Waals surface area contributed by atoms with Gasteiger partial charge in [0.15, 0.2) is 0 Å². The van der Waals surface area contributed by atoms with Crippen molar-refractivity contribution in [1.82, 2.24) is 0 Å². The van der Waals surface area contributed by atoms with Crippen LogP contribution in [-0.4, -0.2) is 5.91 Å². The zero-order valence-corrected chi connectivity index (χ0v) is 12.9. The van der Waals surface area contributed by atoms with Gasteiger partial charge < -0.3 is 5.32 Å². The largest absolute Gasteiger partial charge is 0.322 e. The maximum absolute atomic E-state index is 13.3. The van der Waals surface area contributed by atoms with Crippen LogP contribution in [0.2, 0.25) is 0 Å². The first kappa shape index (κ1) is 15.1. The molecule has 0 aliphatic heterocycles. The molecule has 1 amide bonds. The molecule has 0 saturated heterocycles. The minimum Gasteiger partial charge on any atom is -0.322 e. The summed E-state index contributed by atoms with van der Waals surface area (Å²) in [7, 11) is 0. The Kier molecular flexibility index (Phi) is 4.49. The van der Waals surface area contributed by atoms with Gasteiger partial charge in [-0.1, -0.05) is 0 Å². The highest BCUT2D eigenvalue weighted by Crippen LogP contribution is 2.24. The Labute approximate surface area is 129 Å². The van der Waals surface area contributed by atoms with E-state index in [1.54, 1.807) is 0 Å². The number of hydrogen-bond donors (Lipinski definition) is 1. The number of amides is 1. The van der Waals surface area contributed by atoms with E-state index in [1.807, 2.05) is 0 Å². The summed E-state index contributed by atoms with van der Waals surface area (Å²) in [6.45, 7) is 0. The molecule has 0 aromatic heterocycles. The average Bonchev–Trinajstić information content (AvgIpc) is 2.39. The van der Waals surface area contributed by atoms with Crippen molar-refractivity contribution < 1.29 is 18.0 Å². The molecule has 2 aromatic carbocycles. The zero-order chi connectivity index (χ0) is 14.9. The highest BCUT2D eigenvalue weighted by atomic mass is 79.9. The first-order chi connectivity index (χ1) is 9.38. The second kappa shape index (κ2) is 5.97. The van der Waals surface area contributed by atoms with Crippen LogP contribution in [0.3, 0.4) is 0 Å². The van der Waals surface area contributed by atoms with Gasteiger partial charge in [0.2, 0.25) is 0 Å². The minimum atomic E-state index is -0.845. The molecule has 104 valence electrons. The lowest BCUT2D eigenvalue weighted by atomic mass is 10.2. The van der Waals surface area contributed by atoms with Crippen molar-refractivity contribution in [3.8, 4) is 0 Å². The Morgan fingerprint density at radius 1 is 0.950 bits per heavy atom. The first-order valence-corrected chi connectivity index (χ1v) is 6.88. The van der Waals surface area contributed by atoms with Gasteiger partial charge in [0.1, 0.15) is 17.5 Å². The Morgan fingerprint density at radius 3 is 2.10 bits per heavy atom. The molecule has 1 N–H and O–H groups in total. The Morgan fingerprint density at radius 2 is 1.55 bits per heavy atom. The van der Waals surface area contributed by atoms with Gasteiger partial charge in [0.25, 0.3) is 5.91 Å². The van der Waals surface area contributed by atoms with Crippen LogP contribution in [0, 0.1) is 17.5 Å². The second-order valence-electron chi connectivity index (χ2n) is 3.84. The van der Waals surface area contributed by atoms with E-state index in [0.29, 0.717) is 0 Å². The summed E-state index contributed by atoms with van der Waals surface area (Å²) in [5.74, 6) is -2.96. The molecule has 0 saturated carbocycles. The summed E-state index contributed by atoms with van der Waals surface area (Å²) < 4.78 is 39.8. The zero-order valence-electron chi connectivity index (χ0n) is 9.68. The van der Waals surface area contributed by atoms with Crippen molar-refractivity contribution in [3.05, 3.63) is 62.3 Å². The molecule has 0 aliphatic carbocycles. The van der Waals surface area contributed by atoms with Crippen LogP contribution in [0.25, 0.3) is 0 Å². The summed E-state index contributed by atoms with van der Waals surface area (Å²) >= 11 is 5.69. The predicted molar refractivity (Wildman–Crippen MR) is 76.1 cm³/mol. The fourth-order valence-electron chi connectivity index (χ4n) is 1.47. The maximum atomic E-state index is 13.3. The Balaban J connectivity index is 2.25. The van der Waals surface area contributed by atoms with E-state index in [0.717, 1.165) is 18.2 Å². The number of anilines is 1. The number of hydrogen-bond acceptors (Lipinski definition) is 1. The minimum absolute atomic E-state index is 0.0365. The van der Waals surface area contributed by atoms with Gasteiger partial charge in [-0.25, -0.2) is 13.2 Å². The standard InChI is InChI=1S/C13H6Br2F3NO/c14-8-2-1-6(3-9(8)16)13(20)19-7-4-10(17)12(15)11(18)5-7/h1-5H,(H,19,20). The molecule has 0 fully saturated rings. The molecule has 2 rings (SSSR count). The van der Waals surface area contributed by atoms with Crippen LogP contribution in [-0.2, 0) is 0 Å². The monoisotopic (exact) mass is 407 g/mol. The van der Waals surface area contributed by atoms with Crippen molar-refractivity contribution in [2.24, 2.45) is 0 Å². The molecule has 20 heavy (non-hydrogen) atoms. The van der Waals surface area contributed by atoms with Crippen molar-refractivity contribution in [2.75, 3.05) is 5.32 Å². The number of nitrogens with one attached hydrogen (secondary N) is 1. The molecule has 0 atom stereocenters. The van der Waals surface area contributed by atoms with E-state index >= 15 is 0 Å². The smallest absolute Gasteiger partial charge is 0.255 e. The van der Waals surface area contributed by atoms with Gasteiger partial charge in [-0.2, -0.15) is 0 Å². The van der Waals surface area contributed by atoms with E-state index < -0.39 is 23.4 Å². The van der Waals surface area contributed by atoms with Crippen molar-refractivity contribution >= 4 is 43.5 Å². The van der Waals surface area contributed by atoms with Gasteiger partial charge in [-0.15, -0.1) is 0 Å². The number of halogens is 5. The third-order valence-corrected chi connectivity index (χ3v) is 3.82. The van der Waals surface area contributed by atoms with E-state index in [2.05, 4.69) is 37.2 Å². The van der Waals surface area contributed by atoms with Crippen molar-refractivity contribution in [3.63, 3.8) is 0 Å². The Bertz CT molecular complexity index is 668. The SMILES string of the molecule is O=C(Nc1cc(F)c(Br)c(F)c1)c1ccc(Br)c(F)c1. The van der Waals surface area contributed by atoms with Gasteiger partial charge >= 0.3 is 0 Å². The lowest BCUT2D eigenvalue weighted by Crippen LogP contribution is -2.12. The molecular formula is C13H6Br2F3NO. The number of rotatable bonds is 2. The fraction of sp³-hybridized carbons (Fsp3) is 0. The van der Waals surface area contributed by atoms with Gasteiger partial charge in [0, 0.05) is 11.3 Å². The summed E-state index contributed by atoms with van der Waals surface area (Å²) in [6.07, 6.45) is 0. The first-order valence-electron chi connectivity index (χ1n) is 5.29. The van der Waals surface area contributed by atoms with Crippen LogP contribution < -0.4 is 5.32 Å². The van der Waals surface area contributed by atoms with Crippen LogP contribution in [0.15, 0.2) is 39.3 Å². The highest BCUT2D eigenvalue weighted by Gasteiger charge is 2.12. The normalized spacial score (nSPS) is 10.4. The number of carbonyl (C=O) groups excluding carboxylic acids is 1. The summed E-state index contributed by atoms with van der Waals surface area (Å²) in [4.78, 5) is 11.8. The average molecular weight is 409 g/mol. The van der Waals surface area contributed by atoms with E-state index in [-0.39, 0.29) is 20.2 Å². The van der Waals surface area contributed by atoms with Gasteiger partial charge in [-0.05, 0) is 62.2 Å². The van der Waals surface area contributed by atoms with Crippen LogP contribution in [0.4, 0.5) is 18.9 Å². The van der Waals surface area contributed by atoms with Crippen LogP contribution >= 0.6 is 31.9 Å². The quantitative estimate of drug-likeness (QED) is 0.705. The van der Waals surface area contributed by atoms with Crippen molar-refractivity contribution in [2.45, 2.75) is 0 Å². The molecule has 0 radical (unpaired) electrons. The lowest BCUT2D eigenvalue weighted by molar-refractivity contribution is 0.102. The third-order valence-electron chi connectivity index (χ3n) is 2.42. The molecule has 0 spiro atoms.